The molecule has 0 aliphatic heterocycles. The van der Waals surface area contributed by atoms with E-state index in [9.17, 15) is 0 Å². The molecule has 4 aromatic rings. The molecular weight excluding hydrogens is 657 g/mol. The molecule has 0 unspecified atom stereocenters. The van der Waals surface area contributed by atoms with Gasteiger partial charge in [0.05, 0.1) is 6.16 Å². The second kappa shape index (κ2) is 14.4. The topological polar surface area (TPSA) is 9.23 Å². The van der Waals surface area contributed by atoms with Crippen LogP contribution in [0.4, 0.5) is 0 Å². The Balaban J connectivity index is 0.00000400. The molecule has 0 aliphatic carbocycles. The minimum atomic E-state index is -1.98. The Hall–Kier alpha value is -1.20. The van der Waals surface area contributed by atoms with Gasteiger partial charge < -0.3 is 28.4 Å². The summed E-state index contributed by atoms with van der Waals surface area (Å²) in [4.78, 5) is 0. The first-order chi connectivity index (χ1) is 17.9. The van der Waals surface area contributed by atoms with Crippen molar-refractivity contribution in [3.05, 3.63) is 124 Å². The Labute approximate surface area is 257 Å². The van der Waals surface area contributed by atoms with Crippen LogP contribution in [0.15, 0.2) is 103 Å². The molecule has 0 spiro atoms. The monoisotopic (exact) mass is 692 g/mol. The molecule has 0 N–H and O–H groups in total. The SMILES string of the molecule is CCc1c(Cl)cc(Cl)cc1C[Si](C)(C)OCCC[P+](c1ccccc1)(c1ccccc1)c1ccccc1.[I-]. The van der Waals surface area contributed by atoms with E-state index in [1.807, 2.05) is 6.07 Å². The van der Waals surface area contributed by atoms with Crippen LogP contribution in [0.5, 0.6) is 0 Å². The van der Waals surface area contributed by atoms with Crippen molar-refractivity contribution in [1.82, 2.24) is 0 Å². The van der Waals surface area contributed by atoms with E-state index in [1.165, 1.54) is 27.0 Å². The van der Waals surface area contributed by atoms with Crippen LogP contribution >= 0.6 is 30.5 Å². The largest absolute Gasteiger partial charge is 1.00 e. The third-order valence-electron chi connectivity index (χ3n) is 6.94. The lowest BCUT2D eigenvalue weighted by Gasteiger charge is -2.29. The Morgan fingerprint density at radius 2 is 1.21 bits per heavy atom. The molecule has 0 saturated heterocycles. The molecule has 200 valence electrons. The average Bonchev–Trinajstić information content (AvgIpc) is 2.90. The Bertz CT molecular complexity index is 1190. The number of hydrogen-bond donors (Lipinski definition) is 0. The number of halogens is 3. The quantitative estimate of drug-likeness (QED) is 0.0904. The van der Waals surface area contributed by atoms with Crippen LogP contribution in [0.1, 0.15) is 24.5 Å². The summed E-state index contributed by atoms with van der Waals surface area (Å²) in [5.74, 6) is 0. The molecule has 0 bridgehead atoms. The molecule has 38 heavy (non-hydrogen) atoms. The Morgan fingerprint density at radius 3 is 1.66 bits per heavy atom. The minimum absolute atomic E-state index is 0. The highest BCUT2D eigenvalue weighted by molar-refractivity contribution is 7.95. The molecule has 6 heteroatoms. The van der Waals surface area contributed by atoms with E-state index < -0.39 is 15.6 Å². The average molecular weight is 694 g/mol. The summed E-state index contributed by atoms with van der Waals surface area (Å²) in [6.07, 6.45) is 2.96. The zero-order chi connectivity index (χ0) is 26.3. The van der Waals surface area contributed by atoms with Crippen LogP contribution in [0, 0.1) is 0 Å². The summed E-state index contributed by atoms with van der Waals surface area (Å²) in [5, 5.41) is 5.73. The summed E-state index contributed by atoms with van der Waals surface area (Å²) < 4.78 is 6.69. The van der Waals surface area contributed by atoms with Gasteiger partial charge in [-0.1, -0.05) is 84.7 Å². The van der Waals surface area contributed by atoms with Crippen LogP contribution in [-0.2, 0) is 16.9 Å². The van der Waals surface area contributed by atoms with Crippen molar-refractivity contribution in [2.75, 3.05) is 12.8 Å². The van der Waals surface area contributed by atoms with Gasteiger partial charge in [-0.25, -0.2) is 0 Å². The summed E-state index contributed by atoms with van der Waals surface area (Å²) in [5.41, 5.74) is 2.42. The number of rotatable bonds is 11. The van der Waals surface area contributed by atoms with Gasteiger partial charge in [0.1, 0.15) is 23.2 Å². The fourth-order valence-corrected chi connectivity index (χ4v) is 12.3. The Morgan fingerprint density at radius 1 is 0.737 bits per heavy atom. The molecule has 0 saturated carbocycles. The van der Waals surface area contributed by atoms with Crippen LogP contribution in [0.3, 0.4) is 0 Å². The normalized spacial score (nSPS) is 11.7. The van der Waals surface area contributed by atoms with Crippen molar-refractivity contribution < 1.29 is 28.4 Å². The van der Waals surface area contributed by atoms with Gasteiger partial charge in [0, 0.05) is 23.1 Å². The third kappa shape index (κ3) is 7.50. The van der Waals surface area contributed by atoms with Gasteiger partial charge in [0.2, 0.25) is 0 Å². The first-order valence-corrected chi connectivity index (χ1v) is 18.9. The predicted octanol–water partition coefficient (Wildman–Crippen LogP) is 5.25. The van der Waals surface area contributed by atoms with E-state index in [0.29, 0.717) is 5.02 Å². The van der Waals surface area contributed by atoms with Gasteiger partial charge in [0.25, 0.3) is 0 Å². The highest BCUT2D eigenvalue weighted by Gasteiger charge is 2.44. The lowest BCUT2D eigenvalue weighted by Crippen LogP contribution is -3.00. The summed E-state index contributed by atoms with van der Waals surface area (Å²) in [7, 11) is -3.80. The van der Waals surface area contributed by atoms with Gasteiger partial charge >= 0.3 is 0 Å². The molecule has 0 aliphatic rings. The van der Waals surface area contributed by atoms with Crippen LogP contribution in [0.25, 0.3) is 0 Å². The van der Waals surface area contributed by atoms with Crippen LogP contribution < -0.4 is 39.9 Å². The molecule has 0 aromatic heterocycles. The van der Waals surface area contributed by atoms with Crippen molar-refractivity contribution in [3.63, 3.8) is 0 Å². The molecule has 1 nitrogen and oxygen atoms in total. The van der Waals surface area contributed by atoms with Crippen molar-refractivity contribution in [2.45, 2.75) is 38.9 Å². The van der Waals surface area contributed by atoms with Gasteiger partial charge in [-0.2, -0.15) is 0 Å². The molecular formula is C32H36Cl2IOPSi. The fraction of sp³-hybridized carbons (Fsp3) is 0.250. The molecule has 4 aromatic carbocycles. The standard InChI is InChI=1S/C32H36Cl2OPSi.HI/c1-4-31-26(23-27(33)24-32(31)34)25-37(2,3)35-21-14-22-36(28-15-8-5-9-16-28,29-17-10-6-11-18-29)30-19-12-7-13-20-30;/h5-13,15-20,23-24H,4,14,21-22,25H2,1-3H3;1H/q+1;/p-1. The first-order valence-electron chi connectivity index (χ1n) is 13.0. The lowest BCUT2D eigenvalue weighted by molar-refractivity contribution is -0.00000841. The van der Waals surface area contributed by atoms with Crippen molar-refractivity contribution in [1.29, 1.82) is 0 Å². The summed E-state index contributed by atoms with van der Waals surface area (Å²) >= 11 is 12.9. The molecule has 0 fully saturated rings. The van der Waals surface area contributed by atoms with E-state index in [2.05, 4.69) is 117 Å². The van der Waals surface area contributed by atoms with Crippen molar-refractivity contribution in [2.24, 2.45) is 0 Å². The molecule has 0 heterocycles. The molecule has 0 amide bonds. The van der Waals surface area contributed by atoms with E-state index in [4.69, 9.17) is 27.6 Å². The zero-order valence-corrected chi connectivity index (χ0v) is 27.9. The van der Waals surface area contributed by atoms with E-state index in [-0.39, 0.29) is 24.0 Å². The van der Waals surface area contributed by atoms with Gasteiger partial charge in [-0.15, -0.1) is 0 Å². The maximum absolute atomic E-state index is 6.69. The van der Waals surface area contributed by atoms with Crippen molar-refractivity contribution >= 4 is 54.7 Å². The highest BCUT2D eigenvalue weighted by atomic mass is 127. The second-order valence-corrected chi connectivity index (χ2v) is 18.7. The predicted molar refractivity (Wildman–Crippen MR) is 168 cm³/mol. The number of benzene rings is 4. The Kier molecular flexibility index (Phi) is 11.9. The van der Waals surface area contributed by atoms with Crippen molar-refractivity contribution in [3.8, 4) is 0 Å². The minimum Gasteiger partial charge on any atom is -1.00 e. The van der Waals surface area contributed by atoms with E-state index in [0.717, 1.165) is 36.7 Å². The third-order valence-corrected chi connectivity index (χ3v) is 14.2. The van der Waals surface area contributed by atoms with Gasteiger partial charge in [-0.05, 0) is 85.2 Å². The van der Waals surface area contributed by atoms with Crippen LogP contribution in [-0.4, -0.2) is 21.1 Å². The maximum Gasteiger partial charge on any atom is 0.191 e. The van der Waals surface area contributed by atoms with E-state index >= 15 is 0 Å². The van der Waals surface area contributed by atoms with E-state index in [1.54, 1.807) is 0 Å². The highest BCUT2D eigenvalue weighted by Crippen LogP contribution is 2.55. The van der Waals surface area contributed by atoms with Crippen LogP contribution in [0.2, 0.25) is 23.1 Å². The zero-order valence-electron chi connectivity index (χ0n) is 22.3. The van der Waals surface area contributed by atoms with Gasteiger partial charge in [0.15, 0.2) is 8.32 Å². The second-order valence-electron chi connectivity index (χ2n) is 10.1. The van der Waals surface area contributed by atoms with Gasteiger partial charge in [-0.3, -0.25) is 0 Å². The molecule has 0 atom stereocenters. The molecule has 4 rings (SSSR count). The smallest absolute Gasteiger partial charge is 0.191 e. The molecule has 0 radical (unpaired) electrons. The summed E-state index contributed by atoms with van der Waals surface area (Å²) in [6.45, 7) is 7.50. The number of hydrogen-bond acceptors (Lipinski definition) is 1. The first kappa shape index (κ1) is 31.3. The fourth-order valence-electron chi connectivity index (χ4n) is 5.25. The summed E-state index contributed by atoms with van der Waals surface area (Å²) in [6, 6.07) is 38.0. The maximum atomic E-state index is 6.69. The lowest BCUT2D eigenvalue weighted by atomic mass is 10.1.